The van der Waals surface area contributed by atoms with Crippen molar-refractivity contribution in [2.45, 2.75) is 116 Å². The quantitative estimate of drug-likeness (QED) is 0.279. The third-order valence-corrected chi connectivity index (χ3v) is 7.41. The molecule has 42 heavy (non-hydrogen) atoms. The van der Waals surface area contributed by atoms with Crippen LogP contribution in [0.25, 0.3) is 0 Å². The SMILES string of the molecule is CC(C)(C)OC(=O)N[C@H]1c2ccccc2C[C@H]1OCCCCCCO[C@@H]1Cc2ccccc2[C@@H]1NC(=O)OC(C)(C)C. The lowest BCUT2D eigenvalue weighted by atomic mass is 10.1. The van der Waals surface area contributed by atoms with Crippen molar-refractivity contribution in [1.82, 2.24) is 10.6 Å². The predicted molar refractivity (Wildman–Crippen MR) is 162 cm³/mol. The molecule has 2 N–H and O–H groups in total. The topological polar surface area (TPSA) is 95.1 Å². The summed E-state index contributed by atoms with van der Waals surface area (Å²) in [6, 6.07) is 15.9. The predicted octanol–water partition coefficient (Wildman–Crippen LogP) is 6.96. The molecule has 2 aliphatic carbocycles. The summed E-state index contributed by atoms with van der Waals surface area (Å²) in [5.74, 6) is 0. The van der Waals surface area contributed by atoms with E-state index in [0.717, 1.165) is 49.7 Å². The van der Waals surface area contributed by atoms with E-state index in [9.17, 15) is 9.59 Å². The lowest BCUT2D eigenvalue weighted by molar-refractivity contribution is 0.0152. The number of carbonyl (C=O) groups is 2. The smallest absolute Gasteiger partial charge is 0.408 e. The molecule has 8 nitrogen and oxygen atoms in total. The van der Waals surface area contributed by atoms with Crippen molar-refractivity contribution in [3.8, 4) is 0 Å². The fourth-order valence-electron chi connectivity index (χ4n) is 5.66. The van der Waals surface area contributed by atoms with Gasteiger partial charge in [0.15, 0.2) is 0 Å². The van der Waals surface area contributed by atoms with E-state index in [1.807, 2.05) is 65.8 Å². The second-order valence-corrected chi connectivity index (χ2v) is 13.3. The van der Waals surface area contributed by atoms with Gasteiger partial charge < -0.3 is 29.6 Å². The summed E-state index contributed by atoms with van der Waals surface area (Å²) in [7, 11) is 0. The van der Waals surface area contributed by atoms with Crippen LogP contribution in [0.3, 0.4) is 0 Å². The van der Waals surface area contributed by atoms with Crippen molar-refractivity contribution in [2.24, 2.45) is 0 Å². The highest BCUT2D eigenvalue weighted by atomic mass is 16.6. The lowest BCUT2D eigenvalue weighted by Crippen LogP contribution is -2.39. The molecule has 8 heteroatoms. The van der Waals surface area contributed by atoms with E-state index in [0.29, 0.717) is 13.2 Å². The summed E-state index contributed by atoms with van der Waals surface area (Å²) < 4.78 is 23.6. The first-order chi connectivity index (χ1) is 19.9. The van der Waals surface area contributed by atoms with Gasteiger partial charge in [0.25, 0.3) is 0 Å². The summed E-state index contributed by atoms with van der Waals surface area (Å²) in [6.45, 7) is 12.4. The number of alkyl carbamates (subject to hydrolysis) is 2. The third kappa shape index (κ3) is 9.20. The van der Waals surface area contributed by atoms with Gasteiger partial charge in [-0.15, -0.1) is 0 Å². The molecule has 0 spiro atoms. The van der Waals surface area contributed by atoms with Crippen LogP contribution in [0.2, 0.25) is 0 Å². The van der Waals surface area contributed by atoms with E-state index in [1.165, 1.54) is 11.1 Å². The van der Waals surface area contributed by atoms with Crippen LogP contribution in [-0.4, -0.2) is 48.8 Å². The maximum Gasteiger partial charge on any atom is 0.408 e. The average molecular weight is 581 g/mol. The number of ether oxygens (including phenoxy) is 4. The Morgan fingerprint density at radius 1 is 0.643 bits per heavy atom. The molecule has 0 aliphatic heterocycles. The highest BCUT2D eigenvalue weighted by molar-refractivity contribution is 5.69. The molecule has 2 aromatic rings. The first kappa shape index (κ1) is 31.8. The Bertz CT molecular complexity index is 1110. The van der Waals surface area contributed by atoms with Gasteiger partial charge in [-0.1, -0.05) is 61.4 Å². The average Bonchev–Trinajstić information content (AvgIpc) is 3.41. The second kappa shape index (κ2) is 13.9. The van der Waals surface area contributed by atoms with Crippen LogP contribution in [0.15, 0.2) is 48.5 Å². The fraction of sp³-hybridized carbons (Fsp3) is 0.588. The Balaban J connectivity index is 1.18. The van der Waals surface area contributed by atoms with Crippen molar-refractivity contribution < 1.29 is 28.5 Å². The number of rotatable bonds is 11. The van der Waals surface area contributed by atoms with Crippen LogP contribution in [0, 0.1) is 0 Å². The van der Waals surface area contributed by atoms with Gasteiger partial charge in [-0.3, -0.25) is 0 Å². The van der Waals surface area contributed by atoms with E-state index in [1.54, 1.807) is 0 Å². The second-order valence-electron chi connectivity index (χ2n) is 13.3. The molecule has 0 radical (unpaired) electrons. The molecular weight excluding hydrogens is 532 g/mol. The van der Waals surface area contributed by atoms with Crippen molar-refractivity contribution >= 4 is 12.2 Å². The molecule has 0 heterocycles. The number of benzene rings is 2. The number of fused-ring (bicyclic) bond motifs is 2. The zero-order valence-electron chi connectivity index (χ0n) is 26.0. The maximum absolute atomic E-state index is 12.5. The molecule has 0 unspecified atom stereocenters. The van der Waals surface area contributed by atoms with Crippen molar-refractivity contribution in [2.75, 3.05) is 13.2 Å². The molecule has 0 saturated heterocycles. The summed E-state index contributed by atoms with van der Waals surface area (Å²) >= 11 is 0. The number of unbranched alkanes of at least 4 members (excludes halogenated alkanes) is 3. The minimum Gasteiger partial charge on any atom is -0.444 e. The number of nitrogens with one attached hydrogen (secondary N) is 2. The minimum atomic E-state index is -0.556. The fourth-order valence-corrected chi connectivity index (χ4v) is 5.66. The van der Waals surface area contributed by atoms with Crippen LogP contribution in [0.5, 0.6) is 0 Å². The normalized spacial score (nSPS) is 21.4. The van der Waals surface area contributed by atoms with Gasteiger partial charge in [0.1, 0.15) is 11.2 Å². The van der Waals surface area contributed by atoms with Crippen molar-refractivity contribution in [3.63, 3.8) is 0 Å². The van der Waals surface area contributed by atoms with Gasteiger partial charge in [-0.05, 0) is 76.6 Å². The third-order valence-electron chi connectivity index (χ3n) is 7.41. The molecule has 230 valence electrons. The minimum absolute atomic E-state index is 0.114. The van der Waals surface area contributed by atoms with Gasteiger partial charge in [0.2, 0.25) is 0 Å². The Morgan fingerprint density at radius 2 is 1.02 bits per heavy atom. The molecular formula is C34H48N2O6. The highest BCUT2D eigenvalue weighted by Crippen LogP contribution is 2.35. The van der Waals surface area contributed by atoms with E-state index >= 15 is 0 Å². The van der Waals surface area contributed by atoms with Crippen molar-refractivity contribution in [3.05, 3.63) is 70.8 Å². The zero-order chi connectivity index (χ0) is 30.3. The van der Waals surface area contributed by atoms with Gasteiger partial charge in [-0.25, -0.2) is 9.59 Å². The van der Waals surface area contributed by atoms with Crippen LogP contribution >= 0.6 is 0 Å². The van der Waals surface area contributed by atoms with Gasteiger partial charge >= 0.3 is 12.2 Å². The number of carbonyl (C=O) groups excluding carboxylic acids is 2. The molecule has 0 bridgehead atoms. The van der Waals surface area contributed by atoms with Crippen LogP contribution in [-0.2, 0) is 31.8 Å². The molecule has 4 rings (SSSR count). The highest BCUT2D eigenvalue weighted by Gasteiger charge is 2.36. The Hall–Kier alpha value is -3.10. The standard InChI is InChI=1S/C34H48N2O6/c1-33(2,3)41-31(37)35-29-25-17-11-9-15-23(25)21-27(29)39-19-13-7-8-14-20-40-28-22-24-16-10-12-18-26(24)30(28)36-32(38)42-34(4,5)6/h9-12,15-18,27-30H,7-8,13-14,19-22H2,1-6H3,(H,35,37)(H,36,38)/t27-,28-,29+,30+/m1/s1. The monoisotopic (exact) mass is 580 g/mol. The first-order valence-electron chi connectivity index (χ1n) is 15.3. The van der Waals surface area contributed by atoms with E-state index in [-0.39, 0.29) is 24.3 Å². The van der Waals surface area contributed by atoms with E-state index in [2.05, 4.69) is 34.9 Å². The maximum atomic E-state index is 12.5. The van der Waals surface area contributed by atoms with E-state index < -0.39 is 23.4 Å². The van der Waals surface area contributed by atoms with Crippen LogP contribution in [0.4, 0.5) is 9.59 Å². The molecule has 2 amide bonds. The van der Waals surface area contributed by atoms with Crippen LogP contribution in [0.1, 0.15) is 102 Å². The Labute approximate surface area is 250 Å². The first-order valence-corrected chi connectivity index (χ1v) is 15.3. The number of hydrogen-bond acceptors (Lipinski definition) is 6. The zero-order valence-corrected chi connectivity index (χ0v) is 26.0. The summed E-state index contributed by atoms with van der Waals surface area (Å²) in [4.78, 5) is 25.0. The molecule has 4 atom stereocenters. The van der Waals surface area contributed by atoms with Gasteiger partial charge in [-0.2, -0.15) is 0 Å². The number of amides is 2. The molecule has 2 aliphatic rings. The molecule has 0 saturated carbocycles. The Morgan fingerprint density at radius 3 is 1.40 bits per heavy atom. The van der Waals surface area contributed by atoms with Gasteiger partial charge in [0.05, 0.1) is 24.3 Å². The summed E-state index contributed by atoms with van der Waals surface area (Å²) in [5.41, 5.74) is 3.49. The van der Waals surface area contributed by atoms with Crippen LogP contribution < -0.4 is 10.6 Å². The van der Waals surface area contributed by atoms with Gasteiger partial charge in [0, 0.05) is 26.1 Å². The summed E-state index contributed by atoms with van der Waals surface area (Å²) in [5, 5.41) is 6.07. The molecule has 2 aromatic carbocycles. The molecule has 0 aromatic heterocycles. The molecule has 0 fully saturated rings. The van der Waals surface area contributed by atoms with Crippen molar-refractivity contribution in [1.29, 1.82) is 0 Å². The Kier molecular flexibility index (Phi) is 10.5. The summed E-state index contributed by atoms with van der Waals surface area (Å²) in [6.07, 6.45) is 4.38. The largest absolute Gasteiger partial charge is 0.444 e. The number of hydrogen-bond donors (Lipinski definition) is 2. The van der Waals surface area contributed by atoms with E-state index in [4.69, 9.17) is 18.9 Å². The lowest BCUT2D eigenvalue weighted by Gasteiger charge is -2.25.